The zero-order valence-corrected chi connectivity index (χ0v) is 18.6. The second kappa shape index (κ2) is 14.3. The molecule has 0 aliphatic heterocycles. The molecule has 1 aromatic rings. The number of hydrogen-bond acceptors (Lipinski definition) is 3. The predicted molar refractivity (Wildman–Crippen MR) is 121 cm³/mol. The first-order valence-corrected chi connectivity index (χ1v) is 11.9. The van der Waals surface area contributed by atoms with Crippen LogP contribution in [0.3, 0.4) is 0 Å². The third-order valence-corrected chi connectivity index (χ3v) is 5.66. The highest BCUT2D eigenvalue weighted by Gasteiger charge is 2.21. The summed E-state index contributed by atoms with van der Waals surface area (Å²) in [7, 11) is 0. The van der Waals surface area contributed by atoms with Crippen molar-refractivity contribution in [2.45, 2.75) is 103 Å². The van der Waals surface area contributed by atoms with E-state index in [2.05, 4.69) is 25.1 Å². The van der Waals surface area contributed by atoms with Gasteiger partial charge >= 0.3 is 5.97 Å². The van der Waals surface area contributed by atoms with Crippen LogP contribution in [0.4, 0.5) is 0 Å². The highest BCUT2D eigenvalue weighted by Crippen LogP contribution is 2.27. The van der Waals surface area contributed by atoms with Crippen LogP contribution in [0, 0.1) is 0 Å². The molecule has 0 fully saturated rings. The predicted octanol–water partition coefficient (Wildman–Crippen LogP) is 7.49. The lowest BCUT2D eigenvalue weighted by atomic mass is 9.95. The lowest BCUT2D eigenvalue weighted by Crippen LogP contribution is -2.29. The number of hydrogen-bond donors (Lipinski definition) is 0. The smallest absolute Gasteiger partial charge is 0.347 e. The van der Waals surface area contributed by atoms with Crippen LogP contribution in [0.2, 0.25) is 0 Å². The van der Waals surface area contributed by atoms with Crippen LogP contribution in [-0.4, -0.2) is 18.7 Å². The second-order valence-corrected chi connectivity index (χ2v) is 8.12. The first kappa shape index (κ1) is 23.5. The molecule has 0 saturated carbocycles. The summed E-state index contributed by atoms with van der Waals surface area (Å²) in [5.74, 6) is 0.511. The van der Waals surface area contributed by atoms with E-state index in [0.717, 1.165) is 31.4 Å². The van der Waals surface area contributed by atoms with Crippen LogP contribution in [-0.2, 0) is 9.53 Å². The van der Waals surface area contributed by atoms with Crippen LogP contribution in [0.5, 0.6) is 5.75 Å². The molecule has 1 aromatic carbocycles. The van der Waals surface area contributed by atoms with Gasteiger partial charge < -0.3 is 9.47 Å². The van der Waals surface area contributed by atoms with E-state index in [1.54, 1.807) is 0 Å². The zero-order valence-electron chi connectivity index (χ0n) is 18.6. The van der Waals surface area contributed by atoms with Crippen molar-refractivity contribution in [2.24, 2.45) is 0 Å². The van der Waals surface area contributed by atoms with E-state index in [-0.39, 0.29) is 5.97 Å². The van der Waals surface area contributed by atoms with Crippen molar-refractivity contribution in [3.8, 4) is 5.75 Å². The summed E-state index contributed by atoms with van der Waals surface area (Å²) in [6, 6.07) is 8.27. The summed E-state index contributed by atoms with van der Waals surface area (Å²) in [4.78, 5) is 12.3. The van der Waals surface area contributed by atoms with Gasteiger partial charge in [-0.1, -0.05) is 70.1 Å². The van der Waals surface area contributed by atoms with Gasteiger partial charge in [-0.25, -0.2) is 4.79 Å². The van der Waals surface area contributed by atoms with Gasteiger partial charge in [0.15, 0.2) is 6.10 Å². The van der Waals surface area contributed by atoms with Gasteiger partial charge in [0.2, 0.25) is 0 Å². The van der Waals surface area contributed by atoms with Crippen LogP contribution >= 0.6 is 0 Å². The molecule has 2 rings (SSSR count). The molecule has 0 radical (unpaired) electrons. The van der Waals surface area contributed by atoms with Crippen LogP contribution in [0.1, 0.15) is 103 Å². The lowest BCUT2D eigenvalue weighted by Gasteiger charge is -2.18. The van der Waals surface area contributed by atoms with E-state index in [1.165, 1.54) is 68.9 Å². The largest absolute Gasteiger partial charge is 0.479 e. The fourth-order valence-corrected chi connectivity index (χ4v) is 3.94. The summed E-state index contributed by atoms with van der Waals surface area (Å²) in [6.45, 7) is 4.46. The van der Waals surface area contributed by atoms with E-state index >= 15 is 0 Å². The monoisotopic (exact) mass is 400 g/mol. The fourth-order valence-electron chi connectivity index (χ4n) is 3.94. The number of benzene rings is 1. The number of unbranched alkanes of at least 4 members (excludes halogenated alkanes) is 5. The molecular formula is C26H40O3. The van der Waals surface area contributed by atoms with E-state index in [0.29, 0.717) is 6.61 Å². The van der Waals surface area contributed by atoms with Gasteiger partial charge in [-0.15, -0.1) is 0 Å². The maximum absolute atomic E-state index is 12.3. The summed E-state index contributed by atoms with van der Waals surface area (Å²) < 4.78 is 11.3. The maximum Gasteiger partial charge on any atom is 0.347 e. The number of rotatable bonds is 12. The van der Waals surface area contributed by atoms with E-state index < -0.39 is 6.10 Å². The van der Waals surface area contributed by atoms with E-state index in [9.17, 15) is 4.79 Å². The van der Waals surface area contributed by atoms with Crippen molar-refractivity contribution >= 4 is 11.5 Å². The van der Waals surface area contributed by atoms with Crippen molar-refractivity contribution in [1.82, 2.24) is 0 Å². The zero-order chi connectivity index (χ0) is 20.7. The standard InChI is InChI=1S/C26H40O3/c1-3-5-6-7-11-14-17-25(26(27)28-4-2)29-24-20-18-23(19-21-24)22-15-12-9-8-10-13-16-22/h15,18-21,25H,3-14,16-17H2,1-2H3/b22-15+. The SMILES string of the molecule is CCCCCCCCC(Oc1ccc(/C2=C/CCCCCC2)cc1)C(=O)OCC. The van der Waals surface area contributed by atoms with E-state index in [4.69, 9.17) is 9.47 Å². The van der Waals surface area contributed by atoms with Crippen molar-refractivity contribution < 1.29 is 14.3 Å². The van der Waals surface area contributed by atoms with Gasteiger partial charge in [-0.05, 0) is 68.7 Å². The Morgan fingerprint density at radius 3 is 2.41 bits per heavy atom. The third kappa shape index (κ3) is 9.06. The number of carbonyl (C=O) groups is 1. The fraction of sp³-hybridized carbons (Fsp3) is 0.654. The number of carbonyl (C=O) groups excluding carboxylic acids is 1. The van der Waals surface area contributed by atoms with Gasteiger partial charge in [-0.2, -0.15) is 0 Å². The Bertz CT molecular complexity index is 603. The molecule has 0 spiro atoms. The number of esters is 1. The molecule has 29 heavy (non-hydrogen) atoms. The minimum absolute atomic E-state index is 0.243. The third-order valence-electron chi connectivity index (χ3n) is 5.66. The molecule has 1 atom stereocenters. The molecule has 0 saturated heterocycles. The molecule has 162 valence electrons. The van der Waals surface area contributed by atoms with Crippen molar-refractivity contribution in [3.63, 3.8) is 0 Å². The van der Waals surface area contributed by atoms with Gasteiger partial charge in [0.05, 0.1) is 6.61 Å². The molecule has 0 amide bonds. The first-order chi connectivity index (χ1) is 14.2. The average Bonchev–Trinajstić information content (AvgIpc) is 2.70. The van der Waals surface area contributed by atoms with Crippen molar-refractivity contribution in [1.29, 1.82) is 0 Å². The second-order valence-electron chi connectivity index (χ2n) is 8.12. The topological polar surface area (TPSA) is 35.5 Å². The molecule has 1 unspecified atom stereocenters. The molecule has 0 bridgehead atoms. The van der Waals surface area contributed by atoms with Crippen LogP contribution < -0.4 is 4.74 Å². The normalized spacial score (nSPS) is 17.5. The van der Waals surface area contributed by atoms with Crippen molar-refractivity contribution in [3.05, 3.63) is 35.9 Å². The lowest BCUT2D eigenvalue weighted by molar-refractivity contribution is -0.151. The molecule has 1 aliphatic rings. The minimum atomic E-state index is -0.507. The summed E-state index contributed by atoms with van der Waals surface area (Å²) >= 11 is 0. The van der Waals surface area contributed by atoms with Gasteiger partial charge in [0.25, 0.3) is 0 Å². The number of allylic oxidation sites excluding steroid dienone is 2. The quantitative estimate of drug-likeness (QED) is 0.269. The van der Waals surface area contributed by atoms with Gasteiger partial charge in [0, 0.05) is 0 Å². The van der Waals surface area contributed by atoms with Gasteiger partial charge in [-0.3, -0.25) is 0 Å². The molecule has 3 nitrogen and oxygen atoms in total. The average molecular weight is 401 g/mol. The highest BCUT2D eigenvalue weighted by atomic mass is 16.6. The Morgan fingerprint density at radius 2 is 1.66 bits per heavy atom. The summed E-state index contributed by atoms with van der Waals surface area (Å²) in [5, 5.41) is 0. The molecular weight excluding hydrogens is 360 g/mol. The number of ether oxygens (including phenoxy) is 2. The summed E-state index contributed by atoms with van der Waals surface area (Å²) in [5.41, 5.74) is 2.73. The van der Waals surface area contributed by atoms with E-state index in [1.807, 2.05) is 19.1 Å². The Kier molecular flexibility index (Phi) is 11.6. The molecule has 0 N–H and O–H groups in total. The Hall–Kier alpha value is -1.77. The molecule has 0 aromatic heterocycles. The Balaban J connectivity index is 1.92. The van der Waals surface area contributed by atoms with Crippen LogP contribution in [0.15, 0.2) is 30.3 Å². The summed E-state index contributed by atoms with van der Waals surface area (Å²) in [6.07, 6.45) is 17.4. The first-order valence-electron chi connectivity index (χ1n) is 11.9. The molecule has 3 heteroatoms. The van der Waals surface area contributed by atoms with Crippen LogP contribution in [0.25, 0.3) is 5.57 Å². The minimum Gasteiger partial charge on any atom is -0.479 e. The molecule has 0 heterocycles. The van der Waals surface area contributed by atoms with Crippen molar-refractivity contribution in [2.75, 3.05) is 6.61 Å². The van der Waals surface area contributed by atoms with Gasteiger partial charge in [0.1, 0.15) is 5.75 Å². The Labute approximate surface area is 177 Å². The molecule has 1 aliphatic carbocycles. The maximum atomic E-state index is 12.3. The highest BCUT2D eigenvalue weighted by molar-refractivity contribution is 5.75. The Morgan fingerprint density at radius 1 is 0.931 bits per heavy atom.